The molecule has 1 aromatic heterocycles. The Morgan fingerprint density at radius 2 is 1.87 bits per heavy atom. The van der Waals surface area contributed by atoms with Gasteiger partial charge < -0.3 is 30.1 Å². The summed E-state index contributed by atoms with van der Waals surface area (Å²) in [7, 11) is -4.00. The lowest BCUT2D eigenvalue weighted by molar-refractivity contribution is -0.142. The third kappa shape index (κ3) is 7.69. The van der Waals surface area contributed by atoms with Crippen LogP contribution >= 0.6 is 0 Å². The van der Waals surface area contributed by atoms with Gasteiger partial charge in [-0.1, -0.05) is 44.2 Å². The number of carbonyl (C=O) groups excluding carboxylic acids is 3. The number of ether oxygens (including phenoxy) is 2. The minimum atomic E-state index is -4.00. The zero-order chi connectivity index (χ0) is 37.6. The summed E-state index contributed by atoms with van der Waals surface area (Å²) in [6.45, 7) is 9.11. The number of pyridine rings is 1. The van der Waals surface area contributed by atoms with Gasteiger partial charge in [0, 0.05) is 23.8 Å². The predicted molar refractivity (Wildman–Crippen MR) is 192 cm³/mol. The average molecular weight is 740 g/mol. The van der Waals surface area contributed by atoms with E-state index >= 15 is 0 Å². The van der Waals surface area contributed by atoms with Crippen LogP contribution in [0, 0.1) is 17.8 Å². The number of nitrogens with one attached hydrogen (secondary N) is 3. The van der Waals surface area contributed by atoms with Gasteiger partial charge in [-0.25, -0.2) is 13.2 Å². The van der Waals surface area contributed by atoms with Crippen molar-refractivity contribution in [2.24, 2.45) is 17.8 Å². The molecule has 2 aromatic rings. The number of sulfonamides is 1. The number of hydrogen-bond donors (Lipinski definition) is 4. The first-order valence-electron chi connectivity index (χ1n) is 18.1. The Kier molecular flexibility index (Phi) is 10.2. The lowest BCUT2D eigenvalue weighted by Gasteiger charge is -2.32. The van der Waals surface area contributed by atoms with Gasteiger partial charge in [-0.3, -0.25) is 19.1 Å². The predicted octanol–water partition coefficient (Wildman–Crippen LogP) is 3.89. The molecule has 3 heterocycles. The summed E-state index contributed by atoms with van der Waals surface area (Å²) in [5.74, 6) is -2.23. The highest BCUT2D eigenvalue weighted by atomic mass is 32.2. The Labute approximate surface area is 304 Å². The summed E-state index contributed by atoms with van der Waals surface area (Å²) in [5.41, 5.74) is -1.54. The zero-order valence-corrected chi connectivity index (χ0v) is 31.1. The number of rotatable bonds is 8. The van der Waals surface area contributed by atoms with E-state index in [1.807, 2.05) is 64.1 Å². The van der Waals surface area contributed by atoms with Crippen molar-refractivity contribution in [2.75, 3.05) is 6.54 Å². The number of benzene rings is 1. The van der Waals surface area contributed by atoms with Crippen LogP contribution in [0.5, 0.6) is 11.8 Å². The van der Waals surface area contributed by atoms with Crippen LogP contribution in [0.25, 0.3) is 10.8 Å². The highest BCUT2D eigenvalue weighted by Crippen LogP contribution is 2.47. The van der Waals surface area contributed by atoms with Gasteiger partial charge in [0.15, 0.2) is 0 Å². The molecular formula is C37H49N5O9S. The highest BCUT2D eigenvalue weighted by molar-refractivity contribution is 7.91. The lowest BCUT2D eigenvalue weighted by atomic mass is 9.88. The Balaban J connectivity index is 1.35. The molecule has 7 atom stereocenters. The van der Waals surface area contributed by atoms with Crippen molar-refractivity contribution < 1.29 is 42.2 Å². The van der Waals surface area contributed by atoms with Gasteiger partial charge in [0.25, 0.3) is 5.91 Å². The molecule has 0 unspecified atom stereocenters. The molecule has 52 heavy (non-hydrogen) atoms. The van der Waals surface area contributed by atoms with E-state index in [9.17, 15) is 32.7 Å². The smallest absolute Gasteiger partial charge is 0.405 e. The molecule has 14 nitrogen and oxygen atoms in total. The van der Waals surface area contributed by atoms with E-state index in [0.717, 1.165) is 11.8 Å². The van der Waals surface area contributed by atoms with Gasteiger partial charge >= 0.3 is 6.09 Å². The molecule has 4 N–H and O–H groups in total. The van der Waals surface area contributed by atoms with Crippen molar-refractivity contribution in [1.82, 2.24) is 25.2 Å². The van der Waals surface area contributed by atoms with Gasteiger partial charge in [-0.05, 0) is 82.6 Å². The lowest BCUT2D eigenvalue weighted by Crippen LogP contribution is -2.59. The summed E-state index contributed by atoms with van der Waals surface area (Å²) in [4.78, 5) is 60.5. The number of allylic oxidation sites excluding steroid dienone is 1. The van der Waals surface area contributed by atoms with E-state index < -0.39 is 74.1 Å². The molecule has 2 saturated carbocycles. The van der Waals surface area contributed by atoms with Gasteiger partial charge in [-0.15, -0.1) is 0 Å². The summed E-state index contributed by atoms with van der Waals surface area (Å²) in [6.07, 6.45) is 4.47. The maximum absolute atomic E-state index is 14.4. The van der Waals surface area contributed by atoms with Gasteiger partial charge in [0.05, 0.1) is 17.4 Å². The first-order chi connectivity index (χ1) is 24.5. The third-order valence-electron chi connectivity index (χ3n) is 10.8. The second-order valence-corrected chi connectivity index (χ2v) is 17.7. The molecule has 0 spiro atoms. The maximum atomic E-state index is 14.4. The number of fused-ring (bicyclic) bond motifs is 3. The molecule has 0 bridgehead atoms. The molecule has 282 valence electrons. The molecule has 0 radical (unpaired) electrons. The van der Waals surface area contributed by atoms with Crippen LogP contribution in [0.15, 0.2) is 42.5 Å². The third-order valence-corrected chi connectivity index (χ3v) is 13.0. The fraction of sp³-hybridized carbons (Fsp3) is 0.595. The number of nitrogens with zero attached hydrogens (tertiary/aromatic N) is 2. The van der Waals surface area contributed by atoms with E-state index in [0.29, 0.717) is 36.9 Å². The van der Waals surface area contributed by atoms with Crippen molar-refractivity contribution in [3.05, 3.63) is 42.5 Å². The SMILES string of the molecule is CC(C)Oc1cc2ccccc2c(O[C@@H]2C[C@H]3C(=O)N[C@]4(C(=O)NS(=O)(=O)C5(C)CC5)C[C@H]4/C=C\CC[C@H](C)C[C@@H](C)[C@H](NC(=O)O)C(=O)N3C2)n1. The van der Waals surface area contributed by atoms with Crippen molar-refractivity contribution in [2.45, 2.75) is 114 Å². The normalized spacial score (nSPS) is 30.9. The standard InChI is InChI=1S/C37H49N5O9S/c1-21(2)50-29-17-24-11-7-9-13-27(24)32(38-29)51-26-18-28-31(43)40-37(34(45)41-52(48,49)36(5)14-15-36)19-25(37)12-8-6-10-22(3)16-23(4)30(39-35(46)47)33(44)42(28)20-26/h7-9,11-13,17,21-23,25-26,28,30,39H,6,10,14-16,18-20H2,1-5H3,(H,40,43)(H,41,45)(H,46,47)/b12-8-/t22-,23+,25+,26+,28-,30-,37+/m0/s1. The number of hydrogen-bond acceptors (Lipinski definition) is 9. The summed E-state index contributed by atoms with van der Waals surface area (Å²) < 4.78 is 39.8. The second kappa shape index (κ2) is 14.2. The molecule has 3 fully saturated rings. The number of amides is 4. The first-order valence-corrected chi connectivity index (χ1v) is 19.6. The maximum Gasteiger partial charge on any atom is 0.405 e. The Morgan fingerprint density at radius 3 is 2.56 bits per heavy atom. The molecule has 6 rings (SSSR count). The van der Waals surface area contributed by atoms with Gasteiger partial charge in [0.1, 0.15) is 23.7 Å². The highest BCUT2D eigenvalue weighted by Gasteiger charge is 2.63. The average Bonchev–Trinajstić information content (AvgIpc) is 3.94. The fourth-order valence-electron chi connectivity index (χ4n) is 7.42. The second-order valence-electron chi connectivity index (χ2n) is 15.5. The van der Waals surface area contributed by atoms with E-state index in [2.05, 4.69) is 20.3 Å². The topological polar surface area (TPSA) is 193 Å². The van der Waals surface area contributed by atoms with Crippen LogP contribution in [0.4, 0.5) is 4.79 Å². The van der Waals surface area contributed by atoms with Crippen LogP contribution in [0.2, 0.25) is 0 Å². The molecule has 15 heteroatoms. The summed E-state index contributed by atoms with van der Waals surface area (Å²) in [6, 6.07) is 6.93. The molecule has 2 aliphatic heterocycles. The van der Waals surface area contributed by atoms with Crippen LogP contribution in [-0.2, 0) is 24.4 Å². The Morgan fingerprint density at radius 1 is 1.13 bits per heavy atom. The Bertz CT molecular complexity index is 1880. The number of carboxylic acid groups (broad SMARTS) is 1. The molecule has 1 aromatic carbocycles. The monoisotopic (exact) mass is 739 g/mol. The summed E-state index contributed by atoms with van der Waals surface area (Å²) in [5, 5.41) is 16.6. The Hall–Kier alpha value is -4.40. The minimum absolute atomic E-state index is 0.00198. The molecule has 1 saturated heterocycles. The van der Waals surface area contributed by atoms with E-state index in [-0.39, 0.29) is 37.3 Å². The largest absolute Gasteiger partial charge is 0.475 e. The quantitative estimate of drug-likeness (QED) is 0.289. The van der Waals surface area contributed by atoms with Crippen molar-refractivity contribution in [1.29, 1.82) is 0 Å². The zero-order valence-electron chi connectivity index (χ0n) is 30.3. The van der Waals surface area contributed by atoms with E-state index in [1.54, 1.807) is 13.0 Å². The van der Waals surface area contributed by atoms with Crippen LogP contribution < -0.4 is 24.8 Å². The van der Waals surface area contributed by atoms with Crippen LogP contribution in [0.3, 0.4) is 0 Å². The first kappa shape index (κ1) is 37.4. The van der Waals surface area contributed by atoms with Crippen LogP contribution in [-0.4, -0.2) is 88.3 Å². The van der Waals surface area contributed by atoms with Gasteiger partial charge in [0.2, 0.25) is 33.6 Å². The fourth-order valence-corrected chi connectivity index (χ4v) is 8.73. The van der Waals surface area contributed by atoms with Crippen molar-refractivity contribution >= 4 is 44.6 Å². The molecule has 4 aliphatic rings. The number of carbonyl (C=O) groups is 4. The summed E-state index contributed by atoms with van der Waals surface area (Å²) >= 11 is 0. The molecular weight excluding hydrogens is 690 g/mol. The minimum Gasteiger partial charge on any atom is -0.475 e. The van der Waals surface area contributed by atoms with Gasteiger partial charge in [-0.2, -0.15) is 4.98 Å². The van der Waals surface area contributed by atoms with Crippen molar-refractivity contribution in [3.8, 4) is 11.8 Å². The number of aromatic nitrogens is 1. The van der Waals surface area contributed by atoms with E-state index in [4.69, 9.17) is 9.47 Å². The van der Waals surface area contributed by atoms with Crippen molar-refractivity contribution in [3.63, 3.8) is 0 Å². The van der Waals surface area contributed by atoms with E-state index in [1.165, 1.54) is 4.90 Å². The molecule has 4 amide bonds. The van der Waals surface area contributed by atoms with Crippen LogP contribution in [0.1, 0.15) is 79.6 Å². The molecule has 2 aliphatic carbocycles.